The van der Waals surface area contributed by atoms with Gasteiger partial charge in [-0.3, -0.25) is 9.54 Å². The molecule has 0 aromatic carbocycles. The number of nitrogens with zero attached hydrogens (tertiary/aromatic N) is 1. The Labute approximate surface area is 76.7 Å². The number of pyridine rings is 1. The molecule has 0 aliphatic rings. The summed E-state index contributed by atoms with van der Waals surface area (Å²) < 4.78 is 30.4. The van der Waals surface area contributed by atoms with Gasteiger partial charge in [0.15, 0.2) is 0 Å². The molecule has 0 aliphatic carbocycles. The molecule has 1 heterocycles. The van der Waals surface area contributed by atoms with Gasteiger partial charge in [0.25, 0.3) is 10.1 Å². The summed E-state index contributed by atoms with van der Waals surface area (Å²) in [5.41, 5.74) is 0.264. The highest BCUT2D eigenvalue weighted by atomic mass is 32.2. The zero-order valence-electron chi connectivity index (χ0n) is 6.79. The highest BCUT2D eigenvalue weighted by Gasteiger charge is 2.22. The van der Waals surface area contributed by atoms with Crippen molar-refractivity contribution in [3.8, 4) is 0 Å². The van der Waals surface area contributed by atoms with E-state index in [0.29, 0.717) is 0 Å². The molecule has 0 saturated heterocycles. The monoisotopic (exact) mass is 199 g/mol. The second kappa shape index (κ2) is 3.68. The molecular formula is C8H9NO3S. The van der Waals surface area contributed by atoms with Gasteiger partial charge in [-0.05, 0) is 12.1 Å². The minimum atomic E-state index is -4.15. The molecule has 0 radical (unpaired) electrons. The minimum Gasteiger partial charge on any atom is -0.285 e. The van der Waals surface area contributed by atoms with Crippen LogP contribution in [-0.2, 0) is 10.1 Å². The van der Waals surface area contributed by atoms with Crippen LogP contribution < -0.4 is 0 Å². The Morgan fingerprint density at radius 3 is 2.62 bits per heavy atom. The lowest BCUT2D eigenvalue weighted by molar-refractivity contribution is 0.475. The van der Waals surface area contributed by atoms with E-state index in [-0.39, 0.29) is 5.69 Å². The highest BCUT2D eigenvalue weighted by molar-refractivity contribution is 7.86. The average molecular weight is 199 g/mol. The molecule has 4 nitrogen and oxygen atoms in total. The Morgan fingerprint density at radius 1 is 1.54 bits per heavy atom. The topological polar surface area (TPSA) is 67.3 Å². The molecule has 70 valence electrons. The van der Waals surface area contributed by atoms with E-state index in [4.69, 9.17) is 4.55 Å². The van der Waals surface area contributed by atoms with Crippen molar-refractivity contribution in [3.05, 3.63) is 42.7 Å². The standard InChI is InChI=1S/C8H9NO3S/c1-2-8(13(10,11)12)7-5-3-4-6-9-7/h2-6,8H,1H2,(H,10,11,12). The maximum atomic E-state index is 10.8. The molecule has 1 unspecified atom stereocenters. The van der Waals surface area contributed by atoms with Crippen molar-refractivity contribution < 1.29 is 13.0 Å². The first-order chi connectivity index (χ1) is 6.05. The van der Waals surface area contributed by atoms with Crippen molar-refractivity contribution in [1.82, 2.24) is 4.98 Å². The van der Waals surface area contributed by atoms with Crippen molar-refractivity contribution in [2.24, 2.45) is 0 Å². The van der Waals surface area contributed by atoms with E-state index in [1.165, 1.54) is 12.3 Å². The average Bonchev–Trinajstić information content (AvgIpc) is 2.05. The fourth-order valence-corrected chi connectivity index (χ4v) is 1.63. The van der Waals surface area contributed by atoms with Gasteiger partial charge < -0.3 is 0 Å². The lowest BCUT2D eigenvalue weighted by atomic mass is 10.3. The smallest absolute Gasteiger partial charge is 0.277 e. The summed E-state index contributed by atoms with van der Waals surface area (Å²) in [6.45, 7) is 3.32. The Kier molecular flexibility index (Phi) is 2.79. The molecule has 0 spiro atoms. The zero-order chi connectivity index (χ0) is 9.90. The normalized spacial score (nSPS) is 13.6. The first-order valence-electron chi connectivity index (χ1n) is 3.55. The van der Waals surface area contributed by atoms with Crippen LogP contribution in [0.25, 0.3) is 0 Å². The van der Waals surface area contributed by atoms with Crippen molar-refractivity contribution in [3.63, 3.8) is 0 Å². The summed E-state index contributed by atoms with van der Waals surface area (Å²) in [4.78, 5) is 3.81. The van der Waals surface area contributed by atoms with Crippen LogP contribution in [0.3, 0.4) is 0 Å². The van der Waals surface area contributed by atoms with Crippen molar-refractivity contribution in [1.29, 1.82) is 0 Å². The molecule has 5 heteroatoms. The summed E-state index contributed by atoms with van der Waals surface area (Å²) in [5, 5.41) is -1.14. The van der Waals surface area contributed by atoms with Crippen LogP contribution in [0.5, 0.6) is 0 Å². The molecule has 13 heavy (non-hydrogen) atoms. The third kappa shape index (κ3) is 2.37. The molecule has 1 N–H and O–H groups in total. The molecule has 1 atom stereocenters. The Morgan fingerprint density at radius 2 is 2.23 bits per heavy atom. The van der Waals surface area contributed by atoms with Crippen molar-refractivity contribution >= 4 is 10.1 Å². The lowest BCUT2D eigenvalue weighted by Crippen LogP contribution is -2.10. The van der Waals surface area contributed by atoms with Crippen LogP contribution in [0.15, 0.2) is 37.1 Å². The van der Waals surface area contributed by atoms with Gasteiger partial charge in [0.05, 0.1) is 5.69 Å². The first kappa shape index (κ1) is 9.88. The SMILES string of the molecule is C=CC(c1ccccn1)S(=O)(=O)O. The fourth-order valence-electron chi connectivity index (χ4n) is 0.939. The van der Waals surface area contributed by atoms with Gasteiger partial charge in [-0.1, -0.05) is 12.1 Å². The summed E-state index contributed by atoms with van der Waals surface area (Å²) in [6.07, 6.45) is 2.59. The largest absolute Gasteiger partial charge is 0.285 e. The first-order valence-corrected chi connectivity index (χ1v) is 5.06. The quantitative estimate of drug-likeness (QED) is 0.586. The van der Waals surface area contributed by atoms with Crippen molar-refractivity contribution in [2.45, 2.75) is 5.25 Å². The van der Waals surface area contributed by atoms with Gasteiger partial charge in [0, 0.05) is 6.20 Å². The number of rotatable bonds is 3. The molecule has 0 bridgehead atoms. The van der Waals surface area contributed by atoms with E-state index < -0.39 is 15.4 Å². The Hall–Kier alpha value is -1.20. The van der Waals surface area contributed by atoms with E-state index in [1.54, 1.807) is 12.1 Å². The molecule has 0 fully saturated rings. The van der Waals surface area contributed by atoms with Gasteiger partial charge >= 0.3 is 0 Å². The Bertz CT molecular complexity index is 385. The predicted molar refractivity (Wildman–Crippen MR) is 48.7 cm³/mol. The second-order valence-corrected chi connectivity index (χ2v) is 3.96. The molecule has 0 saturated carbocycles. The van der Waals surface area contributed by atoms with Gasteiger partial charge in [-0.2, -0.15) is 8.42 Å². The third-order valence-corrected chi connectivity index (χ3v) is 2.59. The number of hydrogen-bond acceptors (Lipinski definition) is 3. The molecule has 0 amide bonds. The van der Waals surface area contributed by atoms with Crippen LogP contribution in [0.1, 0.15) is 10.9 Å². The summed E-state index contributed by atoms with van der Waals surface area (Å²) >= 11 is 0. The molecule has 1 aromatic rings. The highest BCUT2D eigenvalue weighted by Crippen LogP contribution is 2.19. The van der Waals surface area contributed by atoms with Crippen LogP contribution in [0.2, 0.25) is 0 Å². The predicted octanol–water partition coefficient (Wildman–Crippen LogP) is 1.20. The van der Waals surface area contributed by atoms with Gasteiger partial charge in [0.1, 0.15) is 5.25 Å². The van der Waals surface area contributed by atoms with Crippen LogP contribution in [0.4, 0.5) is 0 Å². The maximum absolute atomic E-state index is 10.8. The van der Waals surface area contributed by atoms with E-state index in [9.17, 15) is 8.42 Å². The Balaban J connectivity index is 3.13. The second-order valence-electron chi connectivity index (χ2n) is 2.43. The van der Waals surface area contributed by atoms with E-state index in [2.05, 4.69) is 11.6 Å². The van der Waals surface area contributed by atoms with Gasteiger partial charge in [-0.15, -0.1) is 6.58 Å². The third-order valence-electron chi connectivity index (χ3n) is 1.51. The van der Waals surface area contributed by atoms with Crippen LogP contribution in [0, 0.1) is 0 Å². The molecule has 0 aliphatic heterocycles. The summed E-state index contributed by atoms with van der Waals surface area (Å²) in [5.74, 6) is 0. The van der Waals surface area contributed by atoms with Crippen molar-refractivity contribution in [2.75, 3.05) is 0 Å². The van der Waals surface area contributed by atoms with Crippen LogP contribution >= 0.6 is 0 Å². The minimum absolute atomic E-state index is 0.264. The maximum Gasteiger partial charge on any atom is 0.277 e. The summed E-state index contributed by atoms with van der Waals surface area (Å²) in [6, 6.07) is 4.82. The number of hydrogen-bond donors (Lipinski definition) is 1. The molecule has 1 rings (SSSR count). The van der Waals surface area contributed by atoms with E-state index in [1.807, 2.05) is 0 Å². The summed E-state index contributed by atoms with van der Waals surface area (Å²) in [7, 11) is -4.15. The fraction of sp³-hybridized carbons (Fsp3) is 0.125. The lowest BCUT2D eigenvalue weighted by Gasteiger charge is -2.06. The zero-order valence-corrected chi connectivity index (χ0v) is 7.61. The number of aromatic nitrogens is 1. The van der Waals surface area contributed by atoms with Gasteiger partial charge in [-0.25, -0.2) is 0 Å². The van der Waals surface area contributed by atoms with E-state index in [0.717, 1.165) is 6.08 Å². The molecular weight excluding hydrogens is 190 g/mol. The molecule has 1 aromatic heterocycles. The van der Waals surface area contributed by atoms with E-state index >= 15 is 0 Å². The van der Waals surface area contributed by atoms with Crippen LogP contribution in [-0.4, -0.2) is 18.0 Å². The van der Waals surface area contributed by atoms with Gasteiger partial charge in [0.2, 0.25) is 0 Å².